The molecule has 78 valence electrons. The molecule has 4 heteroatoms. The average molecular weight is 194 g/mol. The summed E-state index contributed by atoms with van der Waals surface area (Å²) < 4.78 is 2.24. The molecule has 2 N–H and O–H groups in total. The molecular weight excluding hydrogens is 176 g/mol. The van der Waals surface area contributed by atoms with E-state index in [1.54, 1.807) is 0 Å². The summed E-state index contributed by atoms with van der Waals surface area (Å²) in [4.78, 5) is 0. The van der Waals surface area contributed by atoms with E-state index >= 15 is 0 Å². The first kappa shape index (κ1) is 9.65. The molecule has 2 atom stereocenters. The number of nitrogens with two attached hydrogens (primary N) is 1. The zero-order chi connectivity index (χ0) is 10.1. The molecule has 0 saturated carbocycles. The lowest BCUT2D eigenvalue weighted by Crippen LogP contribution is -2.23. The van der Waals surface area contributed by atoms with Gasteiger partial charge in [0.2, 0.25) is 0 Å². The van der Waals surface area contributed by atoms with Crippen molar-refractivity contribution in [2.75, 3.05) is 0 Å². The van der Waals surface area contributed by atoms with Gasteiger partial charge in [0.25, 0.3) is 0 Å². The Labute approximate surface area is 84.5 Å². The number of rotatable bonds is 2. The Morgan fingerprint density at radius 2 is 2.36 bits per heavy atom. The predicted molar refractivity (Wildman–Crippen MR) is 54.9 cm³/mol. The lowest BCUT2D eigenvalue weighted by molar-refractivity contribution is 0.401. The lowest BCUT2D eigenvalue weighted by atomic mass is 10.0. The van der Waals surface area contributed by atoms with Gasteiger partial charge in [0, 0.05) is 25.4 Å². The maximum absolute atomic E-state index is 5.76. The smallest absolute Gasteiger partial charge is 0.134 e. The van der Waals surface area contributed by atoms with Crippen LogP contribution in [0.5, 0.6) is 0 Å². The first-order valence-electron chi connectivity index (χ1n) is 5.33. The molecule has 0 aliphatic carbocycles. The molecule has 0 radical (unpaired) electrons. The Hall–Kier alpha value is -0.900. The number of fused-ring (bicyclic) bond motifs is 1. The van der Waals surface area contributed by atoms with Crippen LogP contribution in [0.2, 0.25) is 0 Å². The van der Waals surface area contributed by atoms with Crippen LogP contribution >= 0.6 is 0 Å². The van der Waals surface area contributed by atoms with Crippen LogP contribution in [0.1, 0.15) is 31.9 Å². The van der Waals surface area contributed by atoms with E-state index in [1.807, 2.05) is 6.92 Å². The Balaban J connectivity index is 2.20. The SMILES string of the molecule is CC(N)Cc1nnc2n1CCC(C)C2. The van der Waals surface area contributed by atoms with Crippen molar-refractivity contribution in [2.45, 2.75) is 45.7 Å². The third-order valence-corrected chi connectivity index (χ3v) is 2.79. The van der Waals surface area contributed by atoms with E-state index in [4.69, 9.17) is 5.73 Å². The van der Waals surface area contributed by atoms with E-state index in [1.165, 1.54) is 6.42 Å². The van der Waals surface area contributed by atoms with E-state index in [-0.39, 0.29) is 6.04 Å². The largest absolute Gasteiger partial charge is 0.328 e. The molecule has 14 heavy (non-hydrogen) atoms. The second-order valence-electron chi connectivity index (χ2n) is 4.46. The Kier molecular flexibility index (Phi) is 2.54. The summed E-state index contributed by atoms with van der Waals surface area (Å²) in [5, 5.41) is 8.42. The Morgan fingerprint density at radius 3 is 3.07 bits per heavy atom. The van der Waals surface area contributed by atoms with E-state index in [0.29, 0.717) is 0 Å². The second kappa shape index (κ2) is 3.69. The fourth-order valence-corrected chi connectivity index (χ4v) is 1.98. The van der Waals surface area contributed by atoms with Crippen LogP contribution in [0, 0.1) is 5.92 Å². The van der Waals surface area contributed by atoms with Crippen LogP contribution in [-0.4, -0.2) is 20.8 Å². The first-order chi connectivity index (χ1) is 6.66. The quantitative estimate of drug-likeness (QED) is 0.756. The van der Waals surface area contributed by atoms with Gasteiger partial charge in [0.1, 0.15) is 11.6 Å². The minimum absolute atomic E-state index is 0.169. The second-order valence-corrected chi connectivity index (χ2v) is 4.46. The maximum Gasteiger partial charge on any atom is 0.134 e. The molecule has 4 nitrogen and oxygen atoms in total. The summed E-state index contributed by atoms with van der Waals surface area (Å²) in [5.41, 5.74) is 5.76. The molecule has 2 rings (SSSR count). The minimum Gasteiger partial charge on any atom is -0.328 e. The molecule has 0 amide bonds. The maximum atomic E-state index is 5.76. The first-order valence-corrected chi connectivity index (χ1v) is 5.33. The topological polar surface area (TPSA) is 56.7 Å². The third kappa shape index (κ3) is 1.80. The number of aromatic nitrogens is 3. The molecule has 2 heterocycles. The standard InChI is InChI=1S/C10H18N4/c1-7-3-4-14-9(5-7)12-13-10(14)6-8(2)11/h7-8H,3-6,11H2,1-2H3. The Bertz CT molecular complexity index is 316. The van der Waals surface area contributed by atoms with Crippen molar-refractivity contribution in [1.29, 1.82) is 0 Å². The normalized spacial score (nSPS) is 23.2. The zero-order valence-electron chi connectivity index (χ0n) is 8.90. The highest BCUT2D eigenvalue weighted by atomic mass is 15.3. The van der Waals surface area contributed by atoms with Gasteiger partial charge in [-0.05, 0) is 19.3 Å². The van der Waals surface area contributed by atoms with E-state index in [2.05, 4.69) is 21.7 Å². The van der Waals surface area contributed by atoms with Crippen molar-refractivity contribution < 1.29 is 0 Å². The van der Waals surface area contributed by atoms with Crippen molar-refractivity contribution in [3.05, 3.63) is 11.6 Å². The zero-order valence-corrected chi connectivity index (χ0v) is 8.90. The molecule has 1 aromatic rings. The fourth-order valence-electron chi connectivity index (χ4n) is 1.98. The van der Waals surface area contributed by atoms with E-state index < -0.39 is 0 Å². The van der Waals surface area contributed by atoms with Gasteiger partial charge in [-0.2, -0.15) is 0 Å². The van der Waals surface area contributed by atoms with Crippen LogP contribution in [0.25, 0.3) is 0 Å². The summed E-state index contributed by atoms with van der Waals surface area (Å²) in [5.74, 6) is 2.94. The monoisotopic (exact) mass is 194 g/mol. The van der Waals surface area contributed by atoms with Gasteiger partial charge in [-0.25, -0.2) is 0 Å². The molecular formula is C10H18N4. The van der Waals surface area contributed by atoms with E-state index in [0.717, 1.165) is 37.0 Å². The minimum atomic E-state index is 0.169. The molecule has 0 aromatic carbocycles. The van der Waals surface area contributed by atoms with Crippen LogP contribution in [0.15, 0.2) is 0 Å². The number of hydrogen-bond acceptors (Lipinski definition) is 3. The summed E-state index contributed by atoms with van der Waals surface area (Å²) in [6.45, 7) is 5.34. The summed E-state index contributed by atoms with van der Waals surface area (Å²) >= 11 is 0. The van der Waals surface area contributed by atoms with Crippen LogP contribution in [-0.2, 0) is 19.4 Å². The molecule has 1 aliphatic rings. The molecule has 0 bridgehead atoms. The lowest BCUT2D eigenvalue weighted by Gasteiger charge is -2.20. The summed E-state index contributed by atoms with van der Waals surface area (Å²) in [6, 6.07) is 0.169. The van der Waals surface area contributed by atoms with Crippen molar-refractivity contribution in [3.63, 3.8) is 0 Å². The van der Waals surface area contributed by atoms with Crippen LogP contribution in [0.4, 0.5) is 0 Å². The molecule has 1 aromatic heterocycles. The summed E-state index contributed by atoms with van der Waals surface area (Å²) in [7, 11) is 0. The molecule has 1 aliphatic heterocycles. The number of hydrogen-bond donors (Lipinski definition) is 1. The van der Waals surface area contributed by atoms with E-state index in [9.17, 15) is 0 Å². The number of nitrogens with zero attached hydrogens (tertiary/aromatic N) is 3. The van der Waals surface area contributed by atoms with Crippen molar-refractivity contribution in [1.82, 2.24) is 14.8 Å². The van der Waals surface area contributed by atoms with Crippen LogP contribution < -0.4 is 5.73 Å². The van der Waals surface area contributed by atoms with Gasteiger partial charge >= 0.3 is 0 Å². The highest BCUT2D eigenvalue weighted by Gasteiger charge is 2.20. The molecule has 2 unspecified atom stereocenters. The molecule has 0 spiro atoms. The highest BCUT2D eigenvalue weighted by Crippen LogP contribution is 2.19. The van der Waals surface area contributed by atoms with Gasteiger partial charge in [-0.1, -0.05) is 6.92 Å². The van der Waals surface area contributed by atoms with Crippen molar-refractivity contribution >= 4 is 0 Å². The third-order valence-electron chi connectivity index (χ3n) is 2.79. The Morgan fingerprint density at radius 1 is 1.57 bits per heavy atom. The van der Waals surface area contributed by atoms with Gasteiger partial charge in [0.15, 0.2) is 0 Å². The van der Waals surface area contributed by atoms with Crippen molar-refractivity contribution in [2.24, 2.45) is 11.7 Å². The van der Waals surface area contributed by atoms with Gasteiger partial charge in [-0.15, -0.1) is 10.2 Å². The fraction of sp³-hybridized carbons (Fsp3) is 0.800. The predicted octanol–water partition coefficient (Wildman–Crippen LogP) is 0.750. The van der Waals surface area contributed by atoms with Gasteiger partial charge in [-0.3, -0.25) is 0 Å². The molecule has 0 saturated heterocycles. The van der Waals surface area contributed by atoms with Crippen molar-refractivity contribution in [3.8, 4) is 0 Å². The average Bonchev–Trinajstić information content (AvgIpc) is 2.47. The van der Waals surface area contributed by atoms with Crippen LogP contribution in [0.3, 0.4) is 0 Å². The van der Waals surface area contributed by atoms with Gasteiger partial charge < -0.3 is 10.3 Å². The molecule has 0 fully saturated rings. The van der Waals surface area contributed by atoms with Gasteiger partial charge in [0.05, 0.1) is 0 Å². The highest BCUT2D eigenvalue weighted by molar-refractivity contribution is 5.01. The summed E-state index contributed by atoms with van der Waals surface area (Å²) in [6.07, 6.45) is 3.13.